The highest BCUT2D eigenvalue weighted by Crippen LogP contribution is 2.25. The smallest absolute Gasteiger partial charge is 0.223 e. The summed E-state index contributed by atoms with van der Waals surface area (Å²) >= 11 is 0. The molecule has 2 atom stereocenters. The Balaban J connectivity index is 1.58. The van der Waals surface area contributed by atoms with Gasteiger partial charge in [0, 0.05) is 57.6 Å². The average molecular weight is 287 g/mol. The summed E-state index contributed by atoms with van der Waals surface area (Å²) in [4.78, 5) is 16.8. The van der Waals surface area contributed by atoms with Gasteiger partial charge in [0.05, 0.1) is 0 Å². The van der Waals surface area contributed by atoms with Crippen LogP contribution in [0.25, 0.3) is 0 Å². The molecular weight excluding hydrogens is 262 g/mol. The van der Waals surface area contributed by atoms with Crippen molar-refractivity contribution in [2.75, 3.05) is 32.7 Å². The molecule has 2 aliphatic heterocycles. The van der Waals surface area contributed by atoms with Crippen LogP contribution in [0.5, 0.6) is 0 Å². The first-order valence-corrected chi connectivity index (χ1v) is 8.00. The molecular formula is C17H25N3O. The van der Waals surface area contributed by atoms with Crippen LogP contribution in [-0.4, -0.2) is 54.5 Å². The summed E-state index contributed by atoms with van der Waals surface area (Å²) < 4.78 is 0. The third-order valence-corrected chi connectivity index (χ3v) is 4.87. The minimum atomic E-state index is 0.311. The monoisotopic (exact) mass is 287 g/mol. The molecule has 0 radical (unpaired) electrons. The van der Waals surface area contributed by atoms with E-state index >= 15 is 0 Å². The van der Waals surface area contributed by atoms with Crippen LogP contribution in [0.2, 0.25) is 0 Å². The number of hydrogen-bond donors (Lipinski definition) is 1. The number of nitrogens with zero attached hydrogens (tertiary/aromatic N) is 2. The molecule has 2 heterocycles. The Bertz CT molecular complexity index is 470. The van der Waals surface area contributed by atoms with E-state index in [1.807, 2.05) is 23.1 Å². The maximum Gasteiger partial charge on any atom is 0.223 e. The van der Waals surface area contributed by atoms with Crippen molar-refractivity contribution in [2.45, 2.75) is 25.9 Å². The molecule has 4 nitrogen and oxygen atoms in total. The Labute approximate surface area is 127 Å². The Morgan fingerprint density at radius 2 is 1.95 bits per heavy atom. The molecule has 0 aliphatic carbocycles. The van der Waals surface area contributed by atoms with E-state index in [9.17, 15) is 4.79 Å². The SMILES string of the molecule is CC(C1CC(=O)N(Cc2ccccc2)C1)N1CCNCC1. The molecule has 4 heteroatoms. The van der Waals surface area contributed by atoms with Gasteiger partial charge >= 0.3 is 0 Å². The van der Waals surface area contributed by atoms with Crippen LogP contribution < -0.4 is 5.32 Å². The number of piperazine rings is 1. The van der Waals surface area contributed by atoms with E-state index in [-0.39, 0.29) is 0 Å². The van der Waals surface area contributed by atoms with Crippen LogP contribution in [0.4, 0.5) is 0 Å². The van der Waals surface area contributed by atoms with Crippen LogP contribution in [0, 0.1) is 5.92 Å². The number of amides is 1. The van der Waals surface area contributed by atoms with Crippen LogP contribution in [0.1, 0.15) is 18.9 Å². The highest BCUT2D eigenvalue weighted by Gasteiger charge is 2.35. The molecule has 2 unspecified atom stereocenters. The van der Waals surface area contributed by atoms with E-state index in [4.69, 9.17) is 0 Å². The molecule has 2 saturated heterocycles. The van der Waals surface area contributed by atoms with Gasteiger partial charge in [-0.3, -0.25) is 9.69 Å². The van der Waals surface area contributed by atoms with Gasteiger partial charge in [0.2, 0.25) is 5.91 Å². The number of benzene rings is 1. The molecule has 0 spiro atoms. The molecule has 0 saturated carbocycles. The predicted molar refractivity (Wildman–Crippen MR) is 83.9 cm³/mol. The maximum atomic E-state index is 12.3. The largest absolute Gasteiger partial charge is 0.338 e. The molecule has 1 N–H and O–H groups in total. The normalized spacial score (nSPS) is 25.3. The van der Waals surface area contributed by atoms with Gasteiger partial charge in [-0.15, -0.1) is 0 Å². The number of rotatable bonds is 4. The molecule has 21 heavy (non-hydrogen) atoms. The van der Waals surface area contributed by atoms with Gasteiger partial charge in [0.15, 0.2) is 0 Å². The summed E-state index contributed by atoms with van der Waals surface area (Å²) in [7, 11) is 0. The summed E-state index contributed by atoms with van der Waals surface area (Å²) in [5.74, 6) is 0.783. The molecule has 3 rings (SSSR count). The quantitative estimate of drug-likeness (QED) is 0.907. The number of carbonyl (C=O) groups excluding carboxylic acids is 1. The molecule has 2 aliphatic rings. The lowest BCUT2D eigenvalue weighted by molar-refractivity contribution is -0.128. The van der Waals surface area contributed by atoms with E-state index in [0.29, 0.717) is 24.3 Å². The fourth-order valence-corrected chi connectivity index (χ4v) is 3.47. The second-order valence-electron chi connectivity index (χ2n) is 6.25. The molecule has 1 amide bonds. The van der Waals surface area contributed by atoms with Crippen molar-refractivity contribution in [3.05, 3.63) is 35.9 Å². The number of likely N-dealkylation sites (tertiary alicyclic amines) is 1. The van der Waals surface area contributed by atoms with Crippen molar-refractivity contribution in [1.82, 2.24) is 15.1 Å². The summed E-state index contributed by atoms with van der Waals surface area (Å²) in [6.07, 6.45) is 0.706. The van der Waals surface area contributed by atoms with E-state index < -0.39 is 0 Å². The summed E-state index contributed by atoms with van der Waals surface area (Å²) in [5.41, 5.74) is 1.22. The molecule has 114 valence electrons. The van der Waals surface area contributed by atoms with Gasteiger partial charge in [-0.05, 0) is 12.5 Å². The van der Waals surface area contributed by atoms with Crippen molar-refractivity contribution in [2.24, 2.45) is 5.92 Å². The van der Waals surface area contributed by atoms with E-state index in [1.54, 1.807) is 0 Å². The van der Waals surface area contributed by atoms with Crippen molar-refractivity contribution >= 4 is 5.91 Å². The lowest BCUT2D eigenvalue weighted by Gasteiger charge is -2.35. The minimum Gasteiger partial charge on any atom is -0.338 e. The van der Waals surface area contributed by atoms with E-state index in [1.165, 1.54) is 5.56 Å². The second kappa shape index (κ2) is 6.58. The lowest BCUT2D eigenvalue weighted by Crippen LogP contribution is -2.50. The molecule has 1 aromatic rings. The maximum absolute atomic E-state index is 12.3. The zero-order valence-corrected chi connectivity index (χ0v) is 12.8. The van der Waals surface area contributed by atoms with Crippen LogP contribution in [0.3, 0.4) is 0 Å². The first-order chi connectivity index (χ1) is 10.2. The summed E-state index contributed by atoms with van der Waals surface area (Å²) in [5, 5.41) is 3.39. The second-order valence-corrected chi connectivity index (χ2v) is 6.25. The summed E-state index contributed by atoms with van der Waals surface area (Å²) in [6, 6.07) is 10.8. The van der Waals surface area contributed by atoms with Gasteiger partial charge < -0.3 is 10.2 Å². The van der Waals surface area contributed by atoms with Gasteiger partial charge in [-0.25, -0.2) is 0 Å². The average Bonchev–Trinajstić information content (AvgIpc) is 2.89. The number of carbonyl (C=O) groups is 1. The minimum absolute atomic E-state index is 0.311. The third-order valence-electron chi connectivity index (χ3n) is 4.87. The fraction of sp³-hybridized carbons (Fsp3) is 0.588. The van der Waals surface area contributed by atoms with Crippen LogP contribution >= 0.6 is 0 Å². The van der Waals surface area contributed by atoms with Crippen molar-refractivity contribution in [1.29, 1.82) is 0 Å². The Kier molecular flexibility index (Phi) is 4.56. The third kappa shape index (κ3) is 3.44. The van der Waals surface area contributed by atoms with E-state index in [0.717, 1.165) is 39.3 Å². The van der Waals surface area contributed by atoms with Crippen molar-refractivity contribution in [3.8, 4) is 0 Å². The molecule has 0 bridgehead atoms. The standard InChI is InChI=1S/C17H25N3O/c1-14(19-9-7-18-8-10-19)16-11-17(21)20(13-16)12-15-5-3-2-4-6-15/h2-6,14,16,18H,7-13H2,1H3. The van der Waals surface area contributed by atoms with Crippen LogP contribution in [0.15, 0.2) is 30.3 Å². The predicted octanol–water partition coefficient (Wildman–Crippen LogP) is 1.33. The molecule has 1 aromatic carbocycles. The van der Waals surface area contributed by atoms with Gasteiger partial charge in [0.1, 0.15) is 0 Å². The van der Waals surface area contributed by atoms with Gasteiger partial charge in [0.25, 0.3) is 0 Å². The first kappa shape index (κ1) is 14.5. The molecule has 2 fully saturated rings. The Hall–Kier alpha value is -1.39. The van der Waals surface area contributed by atoms with Gasteiger partial charge in [-0.2, -0.15) is 0 Å². The number of hydrogen-bond acceptors (Lipinski definition) is 3. The first-order valence-electron chi connectivity index (χ1n) is 8.00. The Morgan fingerprint density at radius 1 is 1.24 bits per heavy atom. The highest BCUT2D eigenvalue weighted by molar-refractivity contribution is 5.78. The van der Waals surface area contributed by atoms with Crippen molar-refractivity contribution in [3.63, 3.8) is 0 Å². The van der Waals surface area contributed by atoms with Gasteiger partial charge in [-0.1, -0.05) is 30.3 Å². The Morgan fingerprint density at radius 3 is 2.67 bits per heavy atom. The van der Waals surface area contributed by atoms with E-state index in [2.05, 4.69) is 29.3 Å². The van der Waals surface area contributed by atoms with Crippen LogP contribution in [-0.2, 0) is 11.3 Å². The zero-order chi connectivity index (χ0) is 14.7. The zero-order valence-electron chi connectivity index (χ0n) is 12.8. The van der Waals surface area contributed by atoms with Crippen molar-refractivity contribution < 1.29 is 4.79 Å². The fourth-order valence-electron chi connectivity index (χ4n) is 3.47. The number of nitrogens with one attached hydrogen (secondary N) is 1. The molecule has 0 aromatic heterocycles. The topological polar surface area (TPSA) is 35.6 Å². The lowest BCUT2D eigenvalue weighted by atomic mass is 9.98. The highest BCUT2D eigenvalue weighted by atomic mass is 16.2. The summed E-state index contributed by atoms with van der Waals surface area (Å²) in [6.45, 7) is 8.28.